The smallest absolute Gasteiger partial charge is 0.0497 e. The molecule has 2 heteroatoms. The molecule has 0 N–H and O–H groups in total. The van der Waals surface area contributed by atoms with Crippen LogP contribution >= 0.6 is 0 Å². The molecular formula is C30H26N2. The molecule has 32 heavy (non-hydrogen) atoms. The fraction of sp³-hybridized carbons (Fsp3) is 0.133. The van der Waals surface area contributed by atoms with E-state index in [0.29, 0.717) is 0 Å². The van der Waals surface area contributed by atoms with Crippen molar-refractivity contribution in [3.8, 4) is 0 Å². The molecule has 156 valence electrons. The van der Waals surface area contributed by atoms with Crippen molar-refractivity contribution in [2.75, 3.05) is 0 Å². The quantitative estimate of drug-likeness (QED) is 0.258. The maximum absolute atomic E-state index is 2.41. The van der Waals surface area contributed by atoms with Gasteiger partial charge in [-0.2, -0.15) is 0 Å². The molecule has 2 nitrogen and oxygen atoms in total. The summed E-state index contributed by atoms with van der Waals surface area (Å²) in [5, 5.41) is 5.32. The SMILES string of the molecule is CCn1c2ccccc2c2ccc(/C=C/c3ccc4c5ccccc5n(CC)c4c3)cc21. The molecular weight excluding hydrogens is 388 g/mol. The third kappa shape index (κ3) is 2.80. The predicted molar refractivity (Wildman–Crippen MR) is 139 cm³/mol. The van der Waals surface area contributed by atoms with Crippen LogP contribution in [-0.2, 0) is 13.1 Å². The molecule has 0 saturated carbocycles. The van der Waals surface area contributed by atoms with Crippen molar-refractivity contribution >= 4 is 55.8 Å². The lowest BCUT2D eigenvalue weighted by Crippen LogP contribution is -1.93. The van der Waals surface area contributed by atoms with Crippen molar-refractivity contribution in [1.82, 2.24) is 9.13 Å². The van der Waals surface area contributed by atoms with Crippen molar-refractivity contribution in [3.63, 3.8) is 0 Å². The monoisotopic (exact) mass is 414 g/mol. The van der Waals surface area contributed by atoms with E-state index in [1.807, 2.05) is 0 Å². The largest absolute Gasteiger partial charge is 0.341 e. The zero-order chi connectivity index (χ0) is 21.7. The number of fused-ring (bicyclic) bond motifs is 6. The summed E-state index contributed by atoms with van der Waals surface area (Å²) >= 11 is 0. The van der Waals surface area contributed by atoms with Gasteiger partial charge in [0.1, 0.15) is 0 Å². The summed E-state index contributed by atoms with van der Waals surface area (Å²) in [6.07, 6.45) is 4.47. The molecule has 0 aliphatic rings. The number of para-hydroxylation sites is 2. The van der Waals surface area contributed by atoms with E-state index >= 15 is 0 Å². The van der Waals surface area contributed by atoms with Gasteiger partial charge in [0.25, 0.3) is 0 Å². The summed E-state index contributed by atoms with van der Waals surface area (Å²) in [5.74, 6) is 0. The number of nitrogens with zero attached hydrogens (tertiary/aromatic N) is 2. The van der Waals surface area contributed by atoms with Gasteiger partial charge in [0, 0.05) is 56.7 Å². The molecule has 0 saturated heterocycles. The average Bonchev–Trinajstić information content (AvgIpc) is 3.34. The highest BCUT2D eigenvalue weighted by Gasteiger charge is 2.10. The van der Waals surface area contributed by atoms with Crippen molar-refractivity contribution in [2.45, 2.75) is 26.9 Å². The Kier molecular flexibility index (Phi) is 4.39. The maximum atomic E-state index is 2.41. The third-order valence-electron chi connectivity index (χ3n) is 6.70. The Morgan fingerprint density at radius 1 is 0.500 bits per heavy atom. The van der Waals surface area contributed by atoms with Gasteiger partial charge in [0.15, 0.2) is 0 Å². The van der Waals surface area contributed by atoms with E-state index < -0.39 is 0 Å². The number of hydrogen-bond donors (Lipinski definition) is 0. The maximum Gasteiger partial charge on any atom is 0.0497 e. The van der Waals surface area contributed by atoms with Gasteiger partial charge in [-0.05, 0) is 49.2 Å². The molecule has 0 bridgehead atoms. The van der Waals surface area contributed by atoms with Crippen LogP contribution in [0.1, 0.15) is 25.0 Å². The minimum atomic E-state index is 0.968. The van der Waals surface area contributed by atoms with Gasteiger partial charge in [0.05, 0.1) is 0 Å². The van der Waals surface area contributed by atoms with Crippen molar-refractivity contribution in [1.29, 1.82) is 0 Å². The highest BCUT2D eigenvalue weighted by atomic mass is 15.0. The highest BCUT2D eigenvalue weighted by molar-refractivity contribution is 6.09. The zero-order valence-electron chi connectivity index (χ0n) is 18.5. The molecule has 0 amide bonds. The van der Waals surface area contributed by atoms with E-state index in [9.17, 15) is 0 Å². The lowest BCUT2D eigenvalue weighted by atomic mass is 10.1. The van der Waals surface area contributed by atoms with Crippen LogP contribution in [-0.4, -0.2) is 9.13 Å². The Labute approximate surface area is 188 Å². The topological polar surface area (TPSA) is 9.86 Å². The normalized spacial score (nSPS) is 12.2. The molecule has 2 aromatic heterocycles. The van der Waals surface area contributed by atoms with E-state index in [1.165, 1.54) is 54.7 Å². The third-order valence-corrected chi connectivity index (χ3v) is 6.70. The summed E-state index contributed by atoms with van der Waals surface area (Å²) in [6, 6.07) is 31.0. The summed E-state index contributed by atoms with van der Waals surface area (Å²) in [6.45, 7) is 6.37. The lowest BCUT2D eigenvalue weighted by molar-refractivity contribution is 0.827. The number of aromatic nitrogens is 2. The number of aryl methyl sites for hydroxylation is 2. The van der Waals surface area contributed by atoms with Gasteiger partial charge in [-0.25, -0.2) is 0 Å². The number of hydrogen-bond acceptors (Lipinski definition) is 0. The standard InChI is InChI=1S/C30H26N2/c1-3-31-27-11-7-5-9-23(27)25-17-15-21(19-29(25)31)13-14-22-16-18-26-24-10-6-8-12-28(24)32(4-2)30(26)20-22/h5-20H,3-4H2,1-2H3/b14-13+. The second kappa shape index (κ2) is 7.42. The van der Waals surface area contributed by atoms with Crippen LogP contribution in [0.2, 0.25) is 0 Å². The molecule has 2 heterocycles. The molecule has 0 aliphatic heterocycles. The Morgan fingerprint density at radius 2 is 0.906 bits per heavy atom. The molecule has 0 unspecified atom stereocenters. The first kappa shape index (κ1) is 18.9. The fourth-order valence-corrected chi connectivity index (χ4v) is 5.21. The molecule has 0 fully saturated rings. The van der Waals surface area contributed by atoms with Gasteiger partial charge >= 0.3 is 0 Å². The molecule has 0 spiro atoms. The second-order valence-corrected chi connectivity index (χ2v) is 8.41. The summed E-state index contributed by atoms with van der Waals surface area (Å²) in [5.41, 5.74) is 7.68. The zero-order valence-corrected chi connectivity index (χ0v) is 18.5. The van der Waals surface area contributed by atoms with Gasteiger partial charge in [0.2, 0.25) is 0 Å². The van der Waals surface area contributed by atoms with E-state index in [0.717, 1.165) is 13.1 Å². The molecule has 0 atom stereocenters. The average molecular weight is 415 g/mol. The molecule has 6 rings (SSSR count). The van der Waals surface area contributed by atoms with Crippen LogP contribution < -0.4 is 0 Å². The van der Waals surface area contributed by atoms with Crippen LogP contribution in [0.25, 0.3) is 55.8 Å². The van der Waals surface area contributed by atoms with Crippen molar-refractivity contribution < 1.29 is 0 Å². The lowest BCUT2D eigenvalue weighted by Gasteiger charge is -2.04. The van der Waals surface area contributed by atoms with Crippen molar-refractivity contribution in [2.24, 2.45) is 0 Å². The van der Waals surface area contributed by atoms with Gasteiger partial charge in [-0.15, -0.1) is 0 Å². The van der Waals surface area contributed by atoms with Crippen LogP contribution in [0.15, 0.2) is 84.9 Å². The number of benzene rings is 4. The van der Waals surface area contributed by atoms with Crippen LogP contribution in [0, 0.1) is 0 Å². The second-order valence-electron chi connectivity index (χ2n) is 8.41. The molecule has 6 aromatic rings. The molecule has 0 aliphatic carbocycles. The van der Waals surface area contributed by atoms with E-state index in [2.05, 4.69) is 120 Å². The van der Waals surface area contributed by atoms with Gasteiger partial charge in [-0.3, -0.25) is 0 Å². The first-order valence-electron chi connectivity index (χ1n) is 11.5. The minimum Gasteiger partial charge on any atom is -0.341 e. The molecule has 0 radical (unpaired) electrons. The van der Waals surface area contributed by atoms with E-state index in [1.54, 1.807) is 0 Å². The highest BCUT2D eigenvalue weighted by Crippen LogP contribution is 2.31. The first-order valence-corrected chi connectivity index (χ1v) is 11.5. The Hall–Kier alpha value is -3.78. The first-order chi connectivity index (χ1) is 15.8. The van der Waals surface area contributed by atoms with Crippen LogP contribution in [0.3, 0.4) is 0 Å². The summed E-state index contributed by atoms with van der Waals surface area (Å²) in [7, 11) is 0. The van der Waals surface area contributed by atoms with Crippen LogP contribution in [0.5, 0.6) is 0 Å². The molecule has 4 aromatic carbocycles. The van der Waals surface area contributed by atoms with E-state index in [-0.39, 0.29) is 0 Å². The van der Waals surface area contributed by atoms with Crippen LogP contribution in [0.4, 0.5) is 0 Å². The van der Waals surface area contributed by atoms with Gasteiger partial charge < -0.3 is 9.13 Å². The Balaban J connectivity index is 1.44. The van der Waals surface area contributed by atoms with E-state index in [4.69, 9.17) is 0 Å². The predicted octanol–water partition coefficient (Wildman–Crippen LogP) is 8.11. The Morgan fingerprint density at radius 3 is 1.34 bits per heavy atom. The Bertz CT molecular complexity index is 1520. The summed E-state index contributed by atoms with van der Waals surface area (Å²) in [4.78, 5) is 0. The minimum absolute atomic E-state index is 0.968. The summed E-state index contributed by atoms with van der Waals surface area (Å²) < 4.78 is 4.82. The fourth-order valence-electron chi connectivity index (χ4n) is 5.21. The van der Waals surface area contributed by atoms with Crippen molar-refractivity contribution in [3.05, 3.63) is 96.1 Å². The number of rotatable bonds is 4. The van der Waals surface area contributed by atoms with Gasteiger partial charge in [-0.1, -0.05) is 72.8 Å².